The van der Waals surface area contributed by atoms with E-state index in [0.717, 1.165) is 41.0 Å². The van der Waals surface area contributed by atoms with Crippen LogP contribution >= 0.6 is 23.1 Å². The topological polar surface area (TPSA) is 90.6 Å². The Morgan fingerprint density at radius 3 is 3.06 bits per heavy atom. The van der Waals surface area contributed by atoms with E-state index in [1.807, 2.05) is 4.40 Å². The van der Waals surface area contributed by atoms with Gasteiger partial charge in [0.25, 0.3) is 0 Å². The summed E-state index contributed by atoms with van der Waals surface area (Å²) in [7, 11) is 0. The highest BCUT2D eigenvalue weighted by molar-refractivity contribution is 7.99. The molecule has 170 valence electrons. The fraction of sp³-hybridized carbons (Fsp3) is 0.391. The van der Waals surface area contributed by atoms with Crippen molar-refractivity contribution in [2.75, 3.05) is 17.9 Å². The molecule has 0 fully saturated rings. The SMILES string of the molecule is CCc1nc2sc3c(c2c2nnc(SCC(=O)Nc4ccc5c(c4)OCO5)n12)CCC(C)C3. The van der Waals surface area contributed by atoms with Crippen LogP contribution in [0.5, 0.6) is 11.5 Å². The van der Waals surface area contributed by atoms with Crippen LogP contribution in [0, 0.1) is 5.92 Å². The molecule has 1 unspecified atom stereocenters. The molecule has 0 bridgehead atoms. The maximum atomic E-state index is 12.6. The van der Waals surface area contributed by atoms with Crippen LogP contribution in [0.4, 0.5) is 5.69 Å². The third-order valence-corrected chi connectivity index (χ3v) is 8.22. The van der Waals surface area contributed by atoms with E-state index in [4.69, 9.17) is 14.5 Å². The molecule has 10 heteroatoms. The summed E-state index contributed by atoms with van der Waals surface area (Å²) in [5, 5.41) is 13.8. The largest absolute Gasteiger partial charge is 0.454 e. The number of benzene rings is 1. The highest BCUT2D eigenvalue weighted by Crippen LogP contribution is 2.40. The average Bonchev–Trinajstić information content (AvgIpc) is 3.52. The van der Waals surface area contributed by atoms with Gasteiger partial charge in [-0.1, -0.05) is 25.6 Å². The van der Waals surface area contributed by atoms with Crippen LogP contribution in [0.2, 0.25) is 0 Å². The zero-order valence-electron chi connectivity index (χ0n) is 18.4. The van der Waals surface area contributed by atoms with Gasteiger partial charge in [0.2, 0.25) is 12.7 Å². The molecular weight excluding hydrogens is 458 g/mol. The standard InChI is InChI=1S/C23H23N5O3S2/c1-3-18-25-22-20(14-6-4-12(2)8-17(14)33-22)21-26-27-23(28(18)21)32-10-19(29)24-13-5-7-15-16(9-13)31-11-30-15/h5,7,9,12H,3-4,6,8,10-11H2,1-2H3,(H,24,29). The van der Waals surface area contributed by atoms with Crippen molar-refractivity contribution in [1.82, 2.24) is 19.6 Å². The van der Waals surface area contributed by atoms with Gasteiger partial charge in [0.1, 0.15) is 10.7 Å². The molecule has 0 radical (unpaired) electrons. The van der Waals surface area contributed by atoms with E-state index in [-0.39, 0.29) is 18.5 Å². The molecule has 3 aromatic heterocycles. The van der Waals surface area contributed by atoms with Crippen molar-refractivity contribution in [3.8, 4) is 11.5 Å². The second kappa shape index (κ2) is 8.18. The van der Waals surface area contributed by atoms with E-state index < -0.39 is 0 Å². The molecule has 8 nitrogen and oxygen atoms in total. The minimum absolute atomic E-state index is 0.121. The van der Waals surface area contributed by atoms with Gasteiger partial charge in [-0.3, -0.25) is 9.20 Å². The summed E-state index contributed by atoms with van der Waals surface area (Å²) < 4.78 is 12.7. The van der Waals surface area contributed by atoms with Gasteiger partial charge in [0, 0.05) is 23.1 Å². The summed E-state index contributed by atoms with van der Waals surface area (Å²) in [6.07, 6.45) is 4.13. The number of aromatic nitrogens is 4. The van der Waals surface area contributed by atoms with E-state index in [1.54, 1.807) is 29.5 Å². The molecular formula is C23H23N5O3S2. The molecule has 4 heterocycles. The predicted octanol–water partition coefficient (Wildman–Crippen LogP) is 4.49. The first-order chi connectivity index (χ1) is 16.1. The average molecular weight is 482 g/mol. The predicted molar refractivity (Wildman–Crippen MR) is 129 cm³/mol. The number of ether oxygens (including phenoxy) is 2. The number of aryl methyl sites for hydroxylation is 2. The second-order valence-corrected chi connectivity index (χ2v) is 10.5. The van der Waals surface area contributed by atoms with Crippen molar-refractivity contribution in [2.45, 2.75) is 44.7 Å². The maximum Gasteiger partial charge on any atom is 0.234 e. The van der Waals surface area contributed by atoms with Gasteiger partial charge >= 0.3 is 0 Å². The molecule has 6 rings (SSSR count). The molecule has 1 N–H and O–H groups in total. The fourth-order valence-corrected chi connectivity index (χ4v) is 6.66. The van der Waals surface area contributed by atoms with Gasteiger partial charge in [-0.25, -0.2) is 4.98 Å². The summed E-state index contributed by atoms with van der Waals surface area (Å²) in [5.41, 5.74) is 2.92. The van der Waals surface area contributed by atoms with Crippen LogP contribution in [0.25, 0.3) is 15.9 Å². The van der Waals surface area contributed by atoms with Crippen molar-refractivity contribution in [3.63, 3.8) is 0 Å². The van der Waals surface area contributed by atoms with E-state index in [0.29, 0.717) is 28.3 Å². The first-order valence-corrected chi connectivity index (χ1v) is 12.9. The van der Waals surface area contributed by atoms with E-state index in [2.05, 4.69) is 29.4 Å². The van der Waals surface area contributed by atoms with Crippen LogP contribution in [0.3, 0.4) is 0 Å². The fourth-order valence-electron chi connectivity index (χ4n) is 4.51. The molecule has 0 saturated heterocycles. The third kappa shape index (κ3) is 3.61. The first-order valence-electron chi connectivity index (χ1n) is 11.1. The highest BCUT2D eigenvalue weighted by Gasteiger charge is 2.25. The van der Waals surface area contributed by atoms with Gasteiger partial charge in [-0.15, -0.1) is 21.5 Å². The summed E-state index contributed by atoms with van der Waals surface area (Å²) in [6, 6.07) is 5.37. The minimum atomic E-state index is -0.121. The number of thiophene rings is 1. The van der Waals surface area contributed by atoms with E-state index in [9.17, 15) is 4.79 Å². The number of carbonyl (C=O) groups is 1. The van der Waals surface area contributed by atoms with Gasteiger partial charge in [0.05, 0.1) is 11.1 Å². The Morgan fingerprint density at radius 1 is 1.30 bits per heavy atom. The normalized spacial score (nSPS) is 17.0. The van der Waals surface area contributed by atoms with E-state index >= 15 is 0 Å². The van der Waals surface area contributed by atoms with Gasteiger partial charge in [-0.05, 0) is 42.9 Å². The van der Waals surface area contributed by atoms with Crippen molar-refractivity contribution < 1.29 is 14.3 Å². The van der Waals surface area contributed by atoms with Gasteiger partial charge in [-0.2, -0.15) is 0 Å². The molecule has 1 amide bonds. The zero-order chi connectivity index (χ0) is 22.5. The van der Waals surface area contributed by atoms with Crippen LogP contribution < -0.4 is 14.8 Å². The lowest BCUT2D eigenvalue weighted by Crippen LogP contribution is -2.14. The molecule has 0 spiro atoms. The summed E-state index contributed by atoms with van der Waals surface area (Å²) in [5.74, 6) is 3.06. The number of anilines is 1. The van der Waals surface area contributed by atoms with Crippen molar-refractivity contribution in [3.05, 3.63) is 34.5 Å². The van der Waals surface area contributed by atoms with Crippen LogP contribution in [-0.4, -0.2) is 38.0 Å². The molecule has 1 aliphatic carbocycles. The number of carbonyl (C=O) groups excluding carboxylic acids is 1. The molecule has 1 atom stereocenters. The third-order valence-electron chi connectivity index (χ3n) is 6.14. The van der Waals surface area contributed by atoms with Crippen molar-refractivity contribution in [1.29, 1.82) is 0 Å². The number of amides is 1. The van der Waals surface area contributed by atoms with Crippen LogP contribution in [-0.2, 0) is 24.1 Å². The summed E-state index contributed by atoms with van der Waals surface area (Å²) in [4.78, 5) is 20.1. The quantitative estimate of drug-likeness (QED) is 0.420. The zero-order valence-corrected chi connectivity index (χ0v) is 20.0. The molecule has 0 saturated carbocycles. The Bertz CT molecular complexity index is 1400. The molecule has 33 heavy (non-hydrogen) atoms. The first kappa shape index (κ1) is 20.7. The number of fused-ring (bicyclic) bond motifs is 6. The Morgan fingerprint density at radius 2 is 2.18 bits per heavy atom. The molecule has 4 aromatic rings. The highest BCUT2D eigenvalue weighted by atomic mass is 32.2. The van der Waals surface area contributed by atoms with Crippen molar-refractivity contribution >= 4 is 50.6 Å². The second-order valence-electron chi connectivity index (χ2n) is 8.46. The minimum Gasteiger partial charge on any atom is -0.454 e. The lowest BCUT2D eigenvalue weighted by molar-refractivity contribution is -0.113. The Kier molecular flexibility index (Phi) is 5.14. The van der Waals surface area contributed by atoms with Gasteiger partial charge < -0.3 is 14.8 Å². The molecule has 2 aliphatic rings. The monoisotopic (exact) mass is 481 g/mol. The number of thioether (sulfide) groups is 1. The smallest absolute Gasteiger partial charge is 0.234 e. The Balaban J connectivity index is 1.27. The lowest BCUT2D eigenvalue weighted by Gasteiger charge is -2.17. The van der Waals surface area contributed by atoms with Crippen LogP contribution in [0.1, 0.15) is 36.5 Å². The van der Waals surface area contributed by atoms with Crippen LogP contribution in [0.15, 0.2) is 23.4 Å². The molecule has 1 aliphatic heterocycles. The van der Waals surface area contributed by atoms with Crippen molar-refractivity contribution in [2.24, 2.45) is 5.92 Å². The van der Waals surface area contributed by atoms with Gasteiger partial charge in [0.15, 0.2) is 22.3 Å². The Hall–Kier alpha value is -2.85. The number of rotatable bonds is 5. The van der Waals surface area contributed by atoms with E-state index in [1.165, 1.54) is 28.6 Å². The number of hydrogen-bond donors (Lipinski definition) is 1. The number of hydrogen-bond acceptors (Lipinski definition) is 8. The summed E-state index contributed by atoms with van der Waals surface area (Å²) >= 11 is 3.18. The summed E-state index contributed by atoms with van der Waals surface area (Å²) in [6.45, 7) is 4.61. The molecule has 1 aromatic carbocycles. The number of nitrogens with one attached hydrogen (secondary N) is 1. The maximum absolute atomic E-state index is 12.6. The number of nitrogens with zero attached hydrogens (tertiary/aromatic N) is 4. The lowest BCUT2D eigenvalue weighted by atomic mass is 9.89. The Labute approximate surface area is 198 Å².